The highest BCUT2D eigenvalue weighted by molar-refractivity contribution is 6.11. The van der Waals surface area contributed by atoms with E-state index in [1.165, 1.54) is 0 Å². The van der Waals surface area contributed by atoms with Gasteiger partial charge >= 0.3 is 0 Å². The first kappa shape index (κ1) is 11.9. The zero-order valence-corrected chi connectivity index (χ0v) is 9.87. The summed E-state index contributed by atoms with van der Waals surface area (Å²) in [5.41, 5.74) is 10.8. The van der Waals surface area contributed by atoms with Gasteiger partial charge in [0.2, 0.25) is 0 Å². The van der Waals surface area contributed by atoms with E-state index in [1.807, 2.05) is 19.1 Å². The standard InChI is InChI=1S/C14H11N3O/c1-10-7-8-12(13(9-10)16-17-15)14(18)11-5-3-2-4-6-11/h2-9H,1H3. The van der Waals surface area contributed by atoms with Crippen LogP contribution in [-0.2, 0) is 0 Å². The summed E-state index contributed by atoms with van der Waals surface area (Å²) in [7, 11) is 0. The number of benzene rings is 2. The summed E-state index contributed by atoms with van der Waals surface area (Å²) in [6, 6.07) is 14.1. The Morgan fingerprint density at radius 2 is 1.89 bits per heavy atom. The second kappa shape index (κ2) is 5.17. The number of azide groups is 1. The van der Waals surface area contributed by atoms with Gasteiger partial charge in [-0.2, -0.15) is 0 Å². The minimum absolute atomic E-state index is 0.141. The lowest BCUT2D eigenvalue weighted by Crippen LogP contribution is -2.01. The maximum atomic E-state index is 12.3. The molecule has 0 saturated heterocycles. The van der Waals surface area contributed by atoms with E-state index in [9.17, 15) is 4.79 Å². The summed E-state index contributed by atoms with van der Waals surface area (Å²) < 4.78 is 0. The van der Waals surface area contributed by atoms with Crippen LogP contribution in [0.3, 0.4) is 0 Å². The Bertz CT molecular complexity index is 629. The van der Waals surface area contributed by atoms with E-state index < -0.39 is 0 Å². The molecular formula is C14H11N3O. The molecule has 0 saturated carbocycles. The predicted octanol–water partition coefficient (Wildman–Crippen LogP) is 4.17. The van der Waals surface area contributed by atoms with Crippen molar-refractivity contribution in [3.05, 3.63) is 75.7 Å². The van der Waals surface area contributed by atoms with Gasteiger partial charge in [0.15, 0.2) is 5.78 Å². The molecule has 88 valence electrons. The maximum Gasteiger partial charge on any atom is 0.193 e. The molecule has 0 unspecified atom stereocenters. The van der Waals surface area contributed by atoms with Gasteiger partial charge in [-0.1, -0.05) is 53.1 Å². The Kier molecular flexibility index (Phi) is 3.41. The molecule has 0 aliphatic carbocycles. The molecule has 18 heavy (non-hydrogen) atoms. The molecule has 0 spiro atoms. The Morgan fingerprint density at radius 1 is 1.17 bits per heavy atom. The third-order valence-corrected chi connectivity index (χ3v) is 2.59. The molecule has 0 amide bonds. The van der Waals surface area contributed by atoms with Crippen LogP contribution in [-0.4, -0.2) is 5.78 Å². The summed E-state index contributed by atoms with van der Waals surface area (Å²) in [4.78, 5) is 15.0. The van der Waals surface area contributed by atoms with Gasteiger partial charge < -0.3 is 0 Å². The number of carbonyl (C=O) groups is 1. The molecule has 0 aromatic heterocycles. The van der Waals surface area contributed by atoms with Crippen LogP contribution in [0.25, 0.3) is 10.4 Å². The molecule has 2 rings (SSSR count). The van der Waals surface area contributed by atoms with Crippen LogP contribution in [0.15, 0.2) is 53.6 Å². The van der Waals surface area contributed by atoms with Crippen molar-refractivity contribution in [1.82, 2.24) is 0 Å². The van der Waals surface area contributed by atoms with Crippen molar-refractivity contribution in [3.8, 4) is 0 Å². The lowest BCUT2D eigenvalue weighted by atomic mass is 10.0. The highest BCUT2D eigenvalue weighted by Crippen LogP contribution is 2.23. The van der Waals surface area contributed by atoms with E-state index in [2.05, 4.69) is 10.0 Å². The first-order valence-corrected chi connectivity index (χ1v) is 5.48. The normalized spacial score (nSPS) is 9.61. The molecule has 2 aromatic carbocycles. The van der Waals surface area contributed by atoms with Crippen LogP contribution in [0.5, 0.6) is 0 Å². The van der Waals surface area contributed by atoms with Crippen molar-refractivity contribution >= 4 is 11.5 Å². The molecule has 0 fully saturated rings. The number of ketones is 1. The van der Waals surface area contributed by atoms with Gasteiger partial charge in [0.25, 0.3) is 0 Å². The highest BCUT2D eigenvalue weighted by atomic mass is 16.1. The minimum atomic E-state index is -0.141. The van der Waals surface area contributed by atoms with E-state index in [-0.39, 0.29) is 5.78 Å². The molecule has 4 nitrogen and oxygen atoms in total. The second-order valence-corrected chi connectivity index (χ2v) is 3.91. The van der Waals surface area contributed by atoms with Crippen LogP contribution in [0.1, 0.15) is 21.5 Å². The molecule has 0 N–H and O–H groups in total. The Labute approximate surface area is 105 Å². The second-order valence-electron chi connectivity index (χ2n) is 3.91. The number of nitrogens with zero attached hydrogens (tertiary/aromatic N) is 3. The summed E-state index contributed by atoms with van der Waals surface area (Å²) >= 11 is 0. The molecule has 4 heteroatoms. The van der Waals surface area contributed by atoms with Crippen molar-refractivity contribution in [2.24, 2.45) is 5.11 Å². The van der Waals surface area contributed by atoms with E-state index >= 15 is 0 Å². The average Bonchev–Trinajstić information content (AvgIpc) is 2.40. The smallest absolute Gasteiger partial charge is 0.193 e. The summed E-state index contributed by atoms with van der Waals surface area (Å²) in [5.74, 6) is -0.141. The van der Waals surface area contributed by atoms with Gasteiger partial charge in [-0.25, -0.2) is 0 Å². The lowest BCUT2D eigenvalue weighted by molar-refractivity contribution is 0.103. The minimum Gasteiger partial charge on any atom is -0.289 e. The number of carbonyl (C=O) groups excluding carboxylic acids is 1. The van der Waals surface area contributed by atoms with Crippen LogP contribution < -0.4 is 0 Å². The fourth-order valence-corrected chi connectivity index (χ4v) is 1.71. The number of hydrogen-bond acceptors (Lipinski definition) is 2. The lowest BCUT2D eigenvalue weighted by Gasteiger charge is -2.05. The molecule has 0 bridgehead atoms. The fourth-order valence-electron chi connectivity index (χ4n) is 1.71. The SMILES string of the molecule is Cc1ccc(C(=O)c2ccccc2)c(N=[N+]=[N-])c1. The number of aryl methyl sites for hydroxylation is 1. The Morgan fingerprint density at radius 3 is 2.56 bits per heavy atom. The van der Waals surface area contributed by atoms with Gasteiger partial charge in [0.05, 0.1) is 0 Å². The van der Waals surface area contributed by atoms with Gasteiger partial charge in [-0.15, -0.1) is 0 Å². The van der Waals surface area contributed by atoms with Crippen molar-refractivity contribution in [3.63, 3.8) is 0 Å². The molecule has 2 aromatic rings. The first-order chi connectivity index (χ1) is 8.72. The third-order valence-electron chi connectivity index (χ3n) is 2.59. The van der Waals surface area contributed by atoms with E-state index in [1.54, 1.807) is 36.4 Å². The van der Waals surface area contributed by atoms with E-state index in [0.29, 0.717) is 16.8 Å². The number of hydrogen-bond donors (Lipinski definition) is 0. The molecule has 0 radical (unpaired) electrons. The van der Waals surface area contributed by atoms with Gasteiger partial charge in [-0.3, -0.25) is 4.79 Å². The molecule has 0 atom stereocenters. The molecule has 0 aliphatic heterocycles. The molecule has 0 aliphatic rings. The third kappa shape index (κ3) is 2.39. The molecule has 0 heterocycles. The zero-order valence-electron chi connectivity index (χ0n) is 9.87. The van der Waals surface area contributed by atoms with E-state index in [4.69, 9.17) is 5.53 Å². The summed E-state index contributed by atoms with van der Waals surface area (Å²) in [5, 5.41) is 3.57. The maximum absolute atomic E-state index is 12.3. The van der Waals surface area contributed by atoms with Crippen LogP contribution in [0.2, 0.25) is 0 Å². The van der Waals surface area contributed by atoms with Gasteiger partial charge in [0.1, 0.15) is 0 Å². The topological polar surface area (TPSA) is 65.8 Å². The van der Waals surface area contributed by atoms with E-state index in [0.717, 1.165) is 5.56 Å². The first-order valence-electron chi connectivity index (χ1n) is 5.48. The summed E-state index contributed by atoms with van der Waals surface area (Å²) in [6.07, 6.45) is 0. The van der Waals surface area contributed by atoms with Crippen LogP contribution in [0.4, 0.5) is 5.69 Å². The van der Waals surface area contributed by atoms with Gasteiger partial charge in [-0.05, 0) is 18.5 Å². The molecular weight excluding hydrogens is 226 g/mol. The highest BCUT2D eigenvalue weighted by Gasteiger charge is 2.12. The fraction of sp³-hybridized carbons (Fsp3) is 0.0714. The Hall–Kier alpha value is -2.58. The largest absolute Gasteiger partial charge is 0.289 e. The van der Waals surface area contributed by atoms with Crippen molar-refractivity contribution in [1.29, 1.82) is 0 Å². The predicted molar refractivity (Wildman–Crippen MR) is 69.9 cm³/mol. The van der Waals surface area contributed by atoms with Crippen LogP contribution in [0, 0.1) is 6.92 Å². The van der Waals surface area contributed by atoms with Crippen LogP contribution >= 0.6 is 0 Å². The zero-order chi connectivity index (χ0) is 13.0. The number of rotatable bonds is 3. The monoisotopic (exact) mass is 237 g/mol. The van der Waals surface area contributed by atoms with Crippen molar-refractivity contribution < 1.29 is 4.79 Å². The van der Waals surface area contributed by atoms with Crippen molar-refractivity contribution in [2.45, 2.75) is 6.92 Å². The average molecular weight is 237 g/mol. The summed E-state index contributed by atoms with van der Waals surface area (Å²) in [6.45, 7) is 1.88. The van der Waals surface area contributed by atoms with Gasteiger partial charge in [0, 0.05) is 21.7 Å². The quantitative estimate of drug-likeness (QED) is 0.342. The van der Waals surface area contributed by atoms with Crippen molar-refractivity contribution in [2.75, 3.05) is 0 Å². The Balaban J connectivity index is 2.51.